The zero-order valence-corrected chi connectivity index (χ0v) is 20.3. The van der Waals surface area contributed by atoms with Crippen molar-refractivity contribution in [2.24, 2.45) is 0 Å². The van der Waals surface area contributed by atoms with E-state index in [9.17, 15) is 14.0 Å². The van der Waals surface area contributed by atoms with Gasteiger partial charge in [0.1, 0.15) is 17.6 Å². The van der Waals surface area contributed by atoms with Crippen LogP contribution in [0.4, 0.5) is 4.39 Å². The molecule has 1 fully saturated rings. The fourth-order valence-electron chi connectivity index (χ4n) is 3.75. The Morgan fingerprint density at radius 2 is 1.88 bits per heavy atom. The molecule has 1 N–H and O–H groups in total. The van der Waals surface area contributed by atoms with E-state index in [-0.39, 0.29) is 36.8 Å². The molecule has 2 amide bonds. The number of carbonyl (C=O) groups excluding carboxylic acids is 2. The number of nitrogens with one attached hydrogen (secondary N) is 1. The first kappa shape index (κ1) is 24.5. The van der Waals surface area contributed by atoms with E-state index in [0.29, 0.717) is 10.8 Å². The van der Waals surface area contributed by atoms with Crippen molar-refractivity contribution in [3.63, 3.8) is 0 Å². The number of nitrogens with zero attached hydrogens (tertiary/aromatic N) is 1. The van der Waals surface area contributed by atoms with Gasteiger partial charge in [0.15, 0.2) is 6.61 Å². The zero-order chi connectivity index (χ0) is 23.1. The number of ether oxygens (including phenoxy) is 1. The van der Waals surface area contributed by atoms with Crippen molar-refractivity contribution in [2.75, 3.05) is 6.61 Å². The molecule has 0 saturated heterocycles. The number of halogens is 3. The lowest BCUT2D eigenvalue weighted by Crippen LogP contribution is -2.51. The average molecular weight is 526 g/mol. The fraction of sp³-hybridized carbons (Fsp3) is 0.417. The summed E-state index contributed by atoms with van der Waals surface area (Å²) in [5.41, 5.74) is 0.721. The van der Waals surface area contributed by atoms with Gasteiger partial charge in [-0.15, -0.1) is 0 Å². The van der Waals surface area contributed by atoms with E-state index in [1.807, 2.05) is 0 Å². The second kappa shape index (κ2) is 11.7. The standard InChI is InChI=1S/C24H27BrClFN2O3/c1-16(24(31)28-20-5-3-2-4-6-20)29(14-17-7-10-19(27)11-8-17)23(30)15-32-22-12-9-18(25)13-21(22)26/h7-13,16,20H,2-6,14-15H2,1H3,(H,28,31). The number of carbonyl (C=O) groups is 2. The van der Waals surface area contributed by atoms with Crippen LogP contribution in [0.2, 0.25) is 5.02 Å². The highest BCUT2D eigenvalue weighted by atomic mass is 79.9. The molecule has 2 aromatic rings. The first-order valence-corrected chi connectivity index (χ1v) is 11.9. The fourth-order valence-corrected chi connectivity index (χ4v) is 4.48. The molecule has 0 radical (unpaired) electrons. The van der Waals surface area contributed by atoms with E-state index >= 15 is 0 Å². The van der Waals surface area contributed by atoms with E-state index in [1.54, 1.807) is 37.3 Å². The first-order valence-electron chi connectivity index (χ1n) is 10.8. The summed E-state index contributed by atoms with van der Waals surface area (Å²) in [6.45, 7) is 1.59. The minimum atomic E-state index is -0.710. The molecule has 8 heteroatoms. The predicted octanol–water partition coefficient (Wildman–Crippen LogP) is 5.49. The summed E-state index contributed by atoms with van der Waals surface area (Å²) in [4.78, 5) is 27.5. The van der Waals surface area contributed by atoms with E-state index in [1.165, 1.54) is 23.5 Å². The summed E-state index contributed by atoms with van der Waals surface area (Å²) in [6.07, 6.45) is 5.29. The molecule has 1 aliphatic carbocycles. The molecule has 1 atom stereocenters. The summed E-state index contributed by atoms with van der Waals surface area (Å²) in [6, 6.07) is 10.4. The smallest absolute Gasteiger partial charge is 0.261 e. The van der Waals surface area contributed by atoms with Crippen molar-refractivity contribution in [1.82, 2.24) is 10.2 Å². The van der Waals surface area contributed by atoms with E-state index in [0.717, 1.165) is 35.7 Å². The van der Waals surface area contributed by atoms with Gasteiger partial charge in [-0.05, 0) is 55.7 Å². The largest absolute Gasteiger partial charge is 0.482 e. The van der Waals surface area contributed by atoms with Crippen LogP contribution in [0.3, 0.4) is 0 Å². The number of benzene rings is 2. The zero-order valence-electron chi connectivity index (χ0n) is 18.0. The van der Waals surface area contributed by atoms with Gasteiger partial charge in [-0.2, -0.15) is 0 Å². The van der Waals surface area contributed by atoms with E-state index in [2.05, 4.69) is 21.2 Å². The second-order valence-corrected chi connectivity index (χ2v) is 9.35. The third kappa shape index (κ3) is 6.94. The summed E-state index contributed by atoms with van der Waals surface area (Å²) >= 11 is 9.51. The molecular formula is C24H27BrClFN2O3. The molecule has 32 heavy (non-hydrogen) atoms. The molecule has 0 bridgehead atoms. The summed E-state index contributed by atoms with van der Waals surface area (Å²) in [5.74, 6) is -0.541. The first-order chi connectivity index (χ1) is 15.3. The average Bonchev–Trinajstić information content (AvgIpc) is 2.78. The maximum absolute atomic E-state index is 13.3. The number of rotatable bonds is 8. The van der Waals surface area contributed by atoms with E-state index in [4.69, 9.17) is 16.3 Å². The van der Waals surface area contributed by atoms with Gasteiger partial charge >= 0.3 is 0 Å². The van der Waals surface area contributed by atoms with Crippen LogP contribution in [0.15, 0.2) is 46.9 Å². The van der Waals surface area contributed by atoms with Gasteiger partial charge in [0, 0.05) is 17.1 Å². The Morgan fingerprint density at radius 1 is 1.19 bits per heavy atom. The predicted molar refractivity (Wildman–Crippen MR) is 126 cm³/mol. The molecule has 0 spiro atoms. The quantitative estimate of drug-likeness (QED) is 0.496. The van der Waals surface area contributed by atoms with Crippen LogP contribution in [0.25, 0.3) is 0 Å². The number of hydrogen-bond donors (Lipinski definition) is 1. The van der Waals surface area contributed by atoms with Gasteiger partial charge in [0.05, 0.1) is 5.02 Å². The van der Waals surface area contributed by atoms with Crippen molar-refractivity contribution in [3.05, 3.63) is 63.3 Å². The van der Waals surface area contributed by atoms with Gasteiger partial charge in [-0.1, -0.05) is 58.9 Å². The molecule has 5 nitrogen and oxygen atoms in total. The van der Waals surface area contributed by atoms with E-state index < -0.39 is 6.04 Å². The van der Waals surface area contributed by atoms with Gasteiger partial charge < -0.3 is 15.0 Å². The molecule has 0 aliphatic heterocycles. The van der Waals surface area contributed by atoms with Crippen LogP contribution in [0, 0.1) is 5.82 Å². The third-order valence-electron chi connectivity index (χ3n) is 5.63. The SMILES string of the molecule is CC(C(=O)NC1CCCCC1)N(Cc1ccc(F)cc1)C(=O)COc1ccc(Br)cc1Cl. The number of amides is 2. The van der Waals surface area contributed by atoms with Gasteiger partial charge in [0.25, 0.3) is 5.91 Å². The van der Waals surface area contributed by atoms with Crippen LogP contribution >= 0.6 is 27.5 Å². The highest BCUT2D eigenvalue weighted by Gasteiger charge is 2.28. The molecule has 1 unspecified atom stereocenters. The Labute approximate surface area is 201 Å². The van der Waals surface area contributed by atoms with Crippen LogP contribution in [-0.2, 0) is 16.1 Å². The molecule has 3 rings (SSSR count). The highest BCUT2D eigenvalue weighted by Crippen LogP contribution is 2.28. The van der Waals surface area contributed by atoms with Gasteiger partial charge in [-0.25, -0.2) is 4.39 Å². The maximum Gasteiger partial charge on any atom is 0.261 e. The lowest BCUT2D eigenvalue weighted by atomic mass is 9.95. The third-order valence-corrected chi connectivity index (χ3v) is 6.42. The number of hydrogen-bond acceptors (Lipinski definition) is 3. The molecule has 1 aliphatic rings. The maximum atomic E-state index is 13.3. The lowest BCUT2D eigenvalue weighted by molar-refractivity contribution is -0.142. The van der Waals surface area contributed by atoms with Crippen molar-refractivity contribution in [3.8, 4) is 5.75 Å². The van der Waals surface area contributed by atoms with Crippen molar-refractivity contribution >= 4 is 39.3 Å². The summed E-state index contributed by atoms with van der Waals surface area (Å²) in [5, 5.41) is 3.45. The normalized spacial score (nSPS) is 15.1. The Morgan fingerprint density at radius 3 is 2.53 bits per heavy atom. The van der Waals surface area contributed by atoms with Gasteiger partial charge in [-0.3, -0.25) is 9.59 Å². The Hall–Kier alpha value is -2.12. The Kier molecular flexibility index (Phi) is 8.93. The van der Waals surface area contributed by atoms with Crippen LogP contribution < -0.4 is 10.1 Å². The van der Waals surface area contributed by atoms with Gasteiger partial charge in [0.2, 0.25) is 5.91 Å². The topological polar surface area (TPSA) is 58.6 Å². The molecule has 172 valence electrons. The molecule has 0 heterocycles. The second-order valence-electron chi connectivity index (χ2n) is 8.03. The molecule has 2 aromatic carbocycles. The monoisotopic (exact) mass is 524 g/mol. The minimum absolute atomic E-state index is 0.138. The van der Waals surface area contributed by atoms with Crippen LogP contribution in [0.1, 0.15) is 44.6 Å². The van der Waals surface area contributed by atoms with Crippen LogP contribution in [0.5, 0.6) is 5.75 Å². The molecule has 0 aromatic heterocycles. The Bertz CT molecular complexity index is 935. The van der Waals surface area contributed by atoms with Crippen molar-refractivity contribution in [2.45, 2.75) is 57.7 Å². The van der Waals surface area contributed by atoms with Crippen molar-refractivity contribution < 1.29 is 18.7 Å². The minimum Gasteiger partial charge on any atom is -0.482 e. The van der Waals surface area contributed by atoms with Crippen LogP contribution in [-0.4, -0.2) is 35.4 Å². The summed E-state index contributed by atoms with van der Waals surface area (Å²) in [7, 11) is 0. The summed E-state index contributed by atoms with van der Waals surface area (Å²) < 4.78 is 19.8. The highest BCUT2D eigenvalue weighted by molar-refractivity contribution is 9.10. The molecular weight excluding hydrogens is 499 g/mol. The van der Waals surface area contributed by atoms with Crippen molar-refractivity contribution in [1.29, 1.82) is 0 Å². The lowest BCUT2D eigenvalue weighted by Gasteiger charge is -2.31. The Balaban J connectivity index is 1.71. The molecule has 1 saturated carbocycles.